The van der Waals surface area contributed by atoms with Crippen LogP contribution in [0.25, 0.3) is 11.6 Å². The number of fused-ring (bicyclic) bond motifs is 1. The van der Waals surface area contributed by atoms with E-state index in [0.717, 1.165) is 0 Å². The fraction of sp³-hybridized carbons (Fsp3) is 0.250. The third-order valence-electron chi connectivity index (χ3n) is 4.34. The van der Waals surface area contributed by atoms with Gasteiger partial charge in [-0.25, -0.2) is 4.79 Å². The molecule has 0 radical (unpaired) electrons. The number of nitrogens with one attached hydrogen (secondary N) is 2. The Balaban J connectivity index is 2.01. The summed E-state index contributed by atoms with van der Waals surface area (Å²) in [7, 11) is 1.54. The summed E-state index contributed by atoms with van der Waals surface area (Å²) in [4.78, 5) is 38.4. The molecule has 8 heteroatoms. The van der Waals surface area contributed by atoms with Gasteiger partial charge in [-0.2, -0.15) is 0 Å². The highest BCUT2D eigenvalue weighted by atomic mass is 16.5. The Kier molecular flexibility index (Phi) is 5.49. The summed E-state index contributed by atoms with van der Waals surface area (Å²) in [6, 6.07) is 6.80. The molecule has 0 atom stereocenters. The van der Waals surface area contributed by atoms with Crippen molar-refractivity contribution in [3.05, 3.63) is 46.8 Å². The second-order valence-electron chi connectivity index (χ2n) is 6.16. The summed E-state index contributed by atoms with van der Waals surface area (Å²) >= 11 is 0. The Hall–Kier alpha value is -3.55. The van der Waals surface area contributed by atoms with Crippen LogP contribution in [0.4, 0.5) is 5.69 Å². The number of hydrogen-bond donors (Lipinski definition) is 3. The fourth-order valence-electron chi connectivity index (χ4n) is 3.00. The predicted molar refractivity (Wildman–Crippen MR) is 102 cm³/mol. The molecule has 146 valence electrons. The minimum Gasteiger partial charge on any atom is -0.497 e. The number of aryl methyl sites for hydroxylation is 1. The van der Waals surface area contributed by atoms with Gasteiger partial charge in [0.1, 0.15) is 11.4 Å². The van der Waals surface area contributed by atoms with Crippen molar-refractivity contribution in [2.24, 2.45) is 0 Å². The van der Waals surface area contributed by atoms with Gasteiger partial charge in [0.05, 0.1) is 25.0 Å². The van der Waals surface area contributed by atoms with Crippen LogP contribution in [0.3, 0.4) is 0 Å². The minimum atomic E-state index is -0.950. The molecule has 3 rings (SSSR count). The van der Waals surface area contributed by atoms with E-state index in [2.05, 4.69) is 10.3 Å². The Bertz CT molecular complexity index is 973. The molecule has 8 nitrogen and oxygen atoms in total. The van der Waals surface area contributed by atoms with Crippen LogP contribution in [0, 0.1) is 0 Å². The first-order valence-electron chi connectivity index (χ1n) is 8.75. The summed E-state index contributed by atoms with van der Waals surface area (Å²) in [6.45, 7) is 1.92. The lowest BCUT2D eigenvalue weighted by atomic mass is 10.0. The van der Waals surface area contributed by atoms with Gasteiger partial charge in [-0.3, -0.25) is 9.59 Å². The molecule has 0 saturated carbocycles. The van der Waals surface area contributed by atoms with Gasteiger partial charge in [0.25, 0.3) is 5.91 Å². The number of anilines is 1. The maximum atomic E-state index is 12.4. The van der Waals surface area contributed by atoms with Crippen molar-refractivity contribution in [3.8, 4) is 5.75 Å². The lowest BCUT2D eigenvalue weighted by Gasteiger charge is -2.03. The molecule has 0 unspecified atom stereocenters. The topological polar surface area (TPSA) is 118 Å². The Labute approximate surface area is 161 Å². The van der Waals surface area contributed by atoms with E-state index >= 15 is 0 Å². The third kappa shape index (κ3) is 3.90. The van der Waals surface area contributed by atoms with E-state index in [-0.39, 0.29) is 31.0 Å². The smallest absolute Gasteiger partial charge is 0.354 e. The van der Waals surface area contributed by atoms with Crippen molar-refractivity contribution < 1.29 is 29.0 Å². The largest absolute Gasteiger partial charge is 0.497 e. The first-order chi connectivity index (χ1) is 13.4. The van der Waals surface area contributed by atoms with Gasteiger partial charge in [-0.05, 0) is 43.2 Å². The molecular weight excluding hydrogens is 364 g/mol. The van der Waals surface area contributed by atoms with Crippen LogP contribution >= 0.6 is 0 Å². The maximum absolute atomic E-state index is 12.4. The Morgan fingerprint density at radius 2 is 2.04 bits per heavy atom. The normalized spacial score (nSPS) is 13.9. The van der Waals surface area contributed by atoms with Crippen LogP contribution in [-0.2, 0) is 20.7 Å². The number of aliphatic carboxylic acids is 1. The van der Waals surface area contributed by atoms with Crippen molar-refractivity contribution in [2.45, 2.75) is 19.8 Å². The lowest BCUT2D eigenvalue weighted by Crippen LogP contribution is -2.05. The standard InChI is InChI=1S/C20H20N2O6/c1-3-28-20(26)17-8-11(4-7-18(23)24)15(21-17)10-14-13-6-5-12(27-2)9-16(13)22-19(14)25/h5-6,8-10,21H,3-4,7H2,1-2H3,(H,22,25)(H,23,24)/b14-10-. The van der Waals surface area contributed by atoms with Gasteiger partial charge in [0.2, 0.25) is 0 Å². The second-order valence-corrected chi connectivity index (χ2v) is 6.16. The number of carbonyl (C=O) groups is 3. The quantitative estimate of drug-likeness (QED) is 0.499. The molecule has 1 amide bonds. The molecule has 1 aromatic carbocycles. The number of carboxylic acids is 1. The molecule has 1 aromatic heterocycles. The summed E-state index contributed by atoms with van der Waals surface area (Å²) in [5, 5.41) is 11.8. The first-order valence-corrected chi connectivity index (χ1v) is 8.75. The van der Waals surface area contributed by atoms with E-state index in [0.29, 0.717) is 33.8 Å². The number of amides is 1. The number of carboxylic acid groups (broad SMARTS) is 1. The summed E-state index contributed by atoms with van der Waals surface area (Å²) in [5.41, 5.74) is 3.06. The molecule has 2 heterocycles. The van der Waals surface area contributed by atoms with Crippen LogP contribution < -0.4 is 10.1 Å². The van der Waals surface area contributed by atoms with Crippen LogP contribution in [0.1, 0.15) is 40.7 Å². The van der Waals surface area contributed by atoms with E-state index in [1.54, 1.807) is 44.4 Å². The summed E-state index contributed by atoms with van der Waals surface area (Å²) < 4.78 is 10.2. The second kappa shape index (κ2) is 7.99. The number of aromatic nitrogens is 1. The van der Waals surface area contributed by atoms with Gasteiger partial charge >= 0.3 is 11.9 Å². The van der Waals surface area contributed by atoms with E-state index < -0.39 is 11.9 Å². The predicted octanol–water partition coefficient (Wildman–Crippen LogP) is 2.71. The van der Waals surface area contributed by atoms with Crippen LogP contribution in [0.2, 0.25) is 0 Å². The van der Waals surface area contributed by atoms with Crippen LogP contribution in [0.15, 0.2) is 24.3 Å². The third-order valence-corrected chi connectivity index (χ3v) is 4.34. The SMILES string of the molecule is CCOC(=O)c1cc(CCC(=O)O)c(/C=C2\C(=O)Nc3cc(OC)ccc32)[nH]1. The number of carbonyl (C=O) groups excluding carboxylic acids is 2. The molecule has 0 bridgehead atoms. The number of rotatable bonds is 7. The van der Waals surface area contributed by atoms with Crippen molar-refractivity contribution >= 4 is 35.2 Å². The molecule has 1 aliphatic heterocycles. The molecule has 0 spiro atoms. The minimum absolute atomic E-state index is 0.101. The zero-order valence-corrected chi connectivity index (χ0v) is 15.5. The van der Waals surface area contributed by atoms with E-state index in [1.807, 2.05) is 0 Å². The van der Waals surface area contributed by atoms with Gasteiger partial charge in [-0.1, -0.05) is 0 Å². The van der Waals surface area contributed by atoms with Crippen molar-refractivity contribution in [3.63, 3.8) is 0 Å². The zero-order valence-electron chi connectivity index (χ0n) is 15.5. The molecule has 2 aromatic rings. The van der Waals surface area contributed by atoms with Crippen molar-refractivity contribution in [1.82, 2.24) is 4.98 Å². The summed E-state index contributed by atoms with van der Waals surface area (Å²) in [6.07, 6.45) is 1.73. The number of aromatic amines is 1. The number of H-pyrrole nitrogens is 1. The number of benzene rings is 1. The molecule has 0 aliphatic carbocycles. The van der Waals surface area contributed by atoms with Crippen LogP contribution in [-0.4, -0.2) is 41.7 Å². The highest BCUT2D eigenvalue weighted by molar-refractivity contribution is 6.35. The number of ether oxygens (including phenoxy) is 2. The number of methoxy groups -OCH3 is 1. The number of esters is 1. The number of hydrogen-bond acceptors (Lipinski definition) is 5. The fourth-order valence-corrected chi connectivity index (χ4v) is 3.00. The molecule has 3 N–H and O–H groups in total. The molecule has 1 aliphatic rings. The average Bonchev–Trinajstić information content (AvgIpc) is 3.21. The van der Waals surface area contributed by atoms with Crippen LogP contribution in [0.5, 0.6) is 5.75 Å². The highest BCUT2D eigenvalue weighted by Gasteiger charge is 2.25. The summed E-state index contributed by atoms with van der Waals surface area (Å²) in [5.74, 6) is -1.16. The van der Waals surface area contributed by atoms with Crippen molar-refractivity contribution in [1.29, 1.82) is 0 Å². The molecule has 0 saturated heterocycles. The molecular formula is C20H20N2O6. The molecule has 28 heavy (non-hydrogen) atoms. The Morgan fingerprint density at radius 1 is 1.25 bits per heavy atom. The van der Waals surface area contributed by atoms with Gasteiger partial charge in [0, 0.05) is 23.7 Å². The van der Waals surface area contributed by atoms with Crippen molar-refractivity contribution in [2.75, 3.05) is 19.0 Å². The highest BCUT2D eigenvalue weighted by Crippen LogP contribution is 2.36. The average molecular weight is 384 g/mol. The zero-order chi connectivity index (χ0) is 20.3. The van der Waals surface area contributed by atoms with Gasteiger partial charge in [0.15, 0.2) is 0 Å². The first kappa shape index (κ1) is 19.2. The maximum Gasteiger partial charge on any atom is 0.354 e. The monoisotopic (exact) mass is 384 g/mol. The van der Waals surface area contributed by atoms with Gasteiger partial charge < -0.3 is 24.9 Å². The van der Waals surface area contributed by atoms with Gasteiger partial charge in [-0.15, -0.1) is 0 Å². The van der Waals surface area contributed by atoms with E-state index in [4.69, 9.17) is 14.6 Å². The van der Waals surface area contributed by atoms with E-state index in [9.17, 15) is 14.4 Å². The van der Waals surface area contributed by atoms with E-state index in [1.165, 1.54) is 0 Å². The molecule has 0 fully saturated rings. The lowest BCUT2D eigenvalue weighted by molar-refractivity contribution is -0.137. The Morgan fingerprint density at radius 3 is 2.71 bits per heavy atom.